The fourth-order valence-electron chi connectivity index (χ4n) is 7.98. The molecule has 0 unspecified atom stereocenters. The average molecular weight is 637 g/mol. The number of aromatic nitrogens is 2. The molecule has 0 fully saturated rings. The van der Waals surface area contributed by atoms with Gasteiger partial charge in [0.05, 0.1) is 27.9 Å². The van der Waals surface area contributed by atoms with E-state index in [0.29, 0.717) is 0 Å². The van der Waals surface area contributed by atoms with E-state index in [0.717, 1.165) is 5.69 Å². The Morgan fingerprint density at radius 3 is 1.50 bits per heavy atom. The predicted molar refractivity (Wildman–Crippen MR) is 211 cm³/mol. The molecule has 0 aliphatic carbocycles. The maximum atomic E-state index is 2.45. The molecule has 10 rings (SSSR count). The number of nitrogens with zero attached hydrogens (tertiary/aromatic N) is 2. The molecule has 50 heavy (non-hydrogen) atoms. The van der Waals surface area contributed by atoms with Crippen LogP contribution in [0.4, 0.5) is 0 Å². The summed E-state index contributed by atoms with van der Waals surface area (Å²) in [4.78, 5) is 0. The van der Waals surface area contributed by atoms with Gasteiger partial charge in [-0.3, -0.25) is 0 Å². The maximum absolute atomic E-state index is 2.45. The Bertz CT molecular complexity index is 2790. The summed E-state index contributed by atoms with van der Waals surface area (Å²) in [5.41, 5.74) is 13.2. The molecule has 2 aromatic heterocycles. The first-order chi connectivity index (χ1) is 24.8. The second kappa shape index (κ2) is 11.5. The van der Waals surface area contributed by atoms with Gasteiger partial charge in [-0.15, -0.1) is 0 Å². The van der Waals surface area contributed by atoms with Crippen LogP contribution >= 0.6 is 0 Å². The van der Waals surface area contributed by atoms with Crippen molar-refractivity contribution in [3.05, 3.63) is 194 Å². The minimum atomic E-state index is 1.14. The topological polar surface area (TPSA) is 9.86 Å². The second-order valence-corrected chi connectivity index (χ2v) is 12.9. The van der Waals surface area contributed by atoms with Gasteiger partial charge in [-0.05, 0) is 64.0 Å². The molecular formula is C48H32N2. The van der Waals surface area contributed by atoms with E-state index < -0.39 is 0 Å². The van der Waals surface area contributed by atoms with E-state index in [2.05, 4.69) is 203 Å². The van der Waals surface area contributed by atoms with Crippen LogP contribution in [-0.4, -0.2) is 9.13 Å². The Kier molecular flexibility index (Phi) is 6.53. The summed E-state index contributed by atoms with van der Waals surface area (Å²) in [7, 11) is 0. The summed E-state index contributed by atoms with van der Waals surface area (Å²) < 4.78 is 4.88. The zero-order chi connectivity index (χ0) is 33.0. The number of hydrogen-bond donors (Lipinski definition) is 0. The lowest BCUT2D eigenvalue weighted by Crippen LogP contribution is -1.98. The van der Waals surface area contributed by atoms with Crippen LogP contribution in [0.2, 0.25) is 0 Å². The van der Waals surface area contributed by atoms with Crippen molar-refractivity contribution in [3.63, 3.8) is 0 Å². The number of para-hydroxylation sites is 3. The van der Waals surface area contributed by atoms with Crippen molar-refractivity contribution in [3.8, 4) is 44.9 Å². The Labute approximate surface area is 290 Å². The van der Waals surface area contributed by atoms with Crippen LogP contribution in [0.5, 0.6) is 0 Å². The van der Waals surface area contributed by atoms with Crippen LogP contribution in [0, 0.1) is 0 Å². The molecular weight excluding hydrogens is 605 g/mol. The highest BCUT2D eigenvalue weighted by atomic mass is 15.0. The smallest absolute Gasteiger partial charge is 0.0619 e. The minimum absolute atomic E-state index is 1.14. The molecule has 0 bridgehead atoms. The molecule has 2 heteroatoms. The van der Waals surface area contributed by atoms with Gasteiger partial charge in [-0.25, -0.2) is 0 Å². The third kappa shape index (κ3) is 4.36. The van der Waals surface area contributed by atoms with E-state index in [1.165, 1.54) is 82.7 Å². The van der Waals surface area contributed by atoms with E-state index >= 15 is 0 Å². The van der Waals surface area contributed by atoms with Crippen molar-refractivity contribution >= 4 is 43.5 Å². The lowest BCUT2D eigenvalue weighted by atomic mass is 9.94. The zero-order valence-electron chi connectivity index (χ0n) is 27.4. The van der Waals surface area contributed by atoms with Gasteiger partial charge in [0.15, 0.2) is 0 Å². The normalized spacial score (nSPS) is 11.6. The largest absolute Gasteiger partial charge is 0.309 e. The van der Waals surface area contributed by atoms with Crippen LogP contribution in [0.1, 0.15) is 0 Å². The van der Waals surface area contributed by atoms with E-state index in [4.69, 9.17) is 0 Å². The van der Waals surface area contributed by atoms with Crippen LogP contribution in [0.3, 0.4) is 0 Å². The lowest BCUT2D eigenvalue weighted by Gasteiger charge is -2.15. The molecule has 0 amide bonds. The third-order valence-electron chi connectivity index (χ3n) is 10.1. The molecule has 0 saturated carbocycles. The molecule has 2 nitrogen and oxygen atoms in total. The minimum Gasteiger partial charge on any atom is -0.309 e. The Morgan fingerprint density at radius 2 is 0.840 bits per heavy atom. The quantitative estimate of drug-likeness (QED) is 0.178. The molecule has 8 aromatic carbocycles. The summed E-state index contributed by atoms with van der Waals surface area (Å²) in [6.07, 6.45) is 0. The second-order valence-electron chi connectivity index (χ2n) is 12.9. The van der Waals surface area contributed by atoms with Crippen LogP contribution in [0.25, 0.3) is 88.4 Å². The molecule has 10 aromatic rings. The summed E-state index contributed by atoms with van der Waals surface area (Å²) in [5, 5.41) is 6.23. The molecule has 0 aliphatic rings. The number of fused-ring (bicyclic) bond motifs is 5. The van der Waals surface area contributed by atoms with Crippen molar-refractivity contribution in [1.82, 2.24) is 9.13 Å². The van der Waals surface area contributed by atoms with Gasteiger partial charge in [-0.2, -0.15) is 0 Å². The van der Waals surface area contributed by atoms with Gasteiger partial charge in [0, 0.05) is 32.8 Å². The average Bonchev–Trinajstić information content (AvgIpc) is 3.71. The van der Waals surface area contributed by atoms with Crippen molar-refractivity contribution in [2.45, 2.75) is 0 Å². The highest BCUT2D eigenvalue weighted by Gasteiger charge is 2.22. The summed E-state index contributed by atoms with van der Waals surface area (Å²) in [6, 6.07) is 70.4. The Hall–Kier alpha value is -6.64. The molecule has 0 saturated heterocycles. The lowest BCUT2D eigenvalue weighted by molar-refractivity contribution is 1.14. The number of rotatable bonds is 5. The highest BCUT2D eigenvalue weighted by Crippen LogP contribution is 2.45. The van der Waals surface area contributed by atoms with Gasteiger partial charge >= 0.3 is 0 Å². The molecule has 234 valence electrons. The summed E-state index contributed by atoms with van der Waals surface area (Å²) >= 11 is 0. The first kappa shape index (κ1) is 28.4. The van der Waals surface area contributed by atoms with Gasteiger partial charge in [0.25, 0.3) is 0 Å². The van der Waals surface area contributed by atoms with Crippen molar-refractivity contribution in [1.29, 1.82) is 0 Å². The molecule has 0 N–H and O–H groups in total. The molecule has 0 aliphatic heterocycles. The van der Waals surface area contributed by atoms with Crippen molar-refractivity contribution in [2.75, 3.05) is 0 Å². The van der Waals surface area contributed by atoms with Gasteiger partial charge in [0.2, 0.25) is 0 Å². The predicted octanol–water partition coefficient (Wildman–Crippen LogP) is 12.9. The van der Waals surface area contributed by atoms with Crippen LogP contribution in [-0.2, 0) is 0 Å². The molecule has 0 atom stereocenters. The molecule has 0 spiro atoms. The van der Waals surface area contributed by atoms with E-state index in [1.807, 2.05) is 0 Å². The molecule has 0 radical (unpaired) electrons. The maximum Gasteiger partial charge on any atom is 0.0619 e. The molecule has 2 heterocycles. The van der Waals surface area contributed by atoms with Crippen molar-refractivity contribution in [2.24, 2.45) is 0 Å². The van der Waals surface area contributed by atoms with E-state index in [9.17, 15) is 0 Å². The van der Waals surface area contributed by atoms with Gasteiger partial charge < -0.3 is 9.13 Å². The first-order valence-electron chi connectivity index (χ1n) is 17.2. The van der Waals surface area contributed by atoms with Crippen LogP contribution in [0.15, 0.2) is 194 Å². The van der Waals surface area contributed by atoms with Gasteiger partial charge in [0.1, 0.15) is 0 Å². The van der Waals surface area contributed by atoms with E-state index in [-0.39, 0.29) is 0 Å². The van der Waals surface area contributed by atoms with Gasteiger partial charge in [-0.1, -0.05) is 158 Å². The summed E-state index contributed by atoms with van der Waals surface area (Å²) in [6.45, 7) is 0. The monoisotopic (exact) mass is 636 g/mol. The number of hydrogen-bond acceptors (Lipinski definition) is 0. The Morgan fingerprint density at radius 1 is 0.300 bits per heavy atom. The van der Waals surface area contributed by atoms with E-state index in [1.54, 1.807) is 0 Å². The Balaban J connectivity index is 1.26. The third-order valence-corrected chi connectivity index (χ3v) is 10.1. The fraction of sp³-hybridized carbons (Fsp3) is 0. The standard InChI is InChI=1S/C48H32N2/c1-4-16-33(17-5-1)47-42-29-28-35(32-46(42)49(36-20-8-3-9-21-36)48(47)34-18-6-2-7-19-34)37-30-31-45(39-23-11-10-22-38(37)39)50-43-26-14-12-24-40(43)41-25-13-15-27-44(41)50/h1-32H. The van der Waals surface area contributed by atoms with Crippen LogP contribution < -0.4 is 0 Å². The van der Waals surface area contributed by atoms with Crippen molar-refractivity contribution < 1.29 is 0 Å². The zero-order valence-corrected chi connectivity index (χ0v) is 27.4. The number of benzene rings is 8. The summed E-state index contributed by atoms with van der Waals surface area (Å²) in [5.74, 6) is 0. The fourth-order valence-corrected chi connectivity index (χ4v) is 7.98. The first-order valence-corrected chi connectivity index (χ1v) is 17.2. The highest BCUT2D eigenvalue weighted by molar-refractivity contribution is 6.12. The SMILES string of the molecule is c1ccc(-c2c(-c3ccccc3)n(-c3ccccc3)c3cc(-c4ccc(-n5c6ccccc6c6ccccc65)c5ccccc45)ccc23)cc1.